The van der Waals surface area contributed by atoms with Gasteiger partial charge in [0.05, 0.1) is 19.3 Å². The SMILES string of the molecule is C[C@@H](OC[C@H]1CO1)c1ccc(Cl)cc1C=CC(=O)O. The number of carboxylic acid groups (broad SMARTS) is 1. The second-order valence-corrected chi connectivity index (χ2v) is 4.81. The van der Waals surface area contributed by atoms with Crippen molar-refractivity contribution in [2.75, 3.05) is 13.2 Å². The van der Waals surface area contributed by atoms with E-state index in [0.717, 1.165) is 23.8 Å². The Kier molecular flexibility index (Phi) is 4.58. The molecule has 0 spiro atoms. The van der Waals surface area contributed by atoms with Gasteiger partial charge in [-0.05, 0) is 36.3 Å². The summed E-state index contributed by atoms with van der Waals surface area (Å²) in [6, 6.07) is 5.34. The number of rotatable bonds is 6. The quantitative estimate of drug-likeness (QED) is 0.644. The van der Waals surface area contributed by atoms with Crippen LogP contribution in [0.5, 0.6) is 0 Å². The van der Waals surface area contributed by atoms with Crippen molar-refractivity contribution in [3.63, 3.8) is 0 Å². The number of ether oxygens (including phenoxy) is 2. The third-order valence-corrected chi connectivity index (χ3v) is 3.06. The lowest BCUT2D eigenvalue weighted by Crippen LogP contribution is -2.07. The molecule has 102 valence electrons. The first-order valence-electron chi connectivity index (χ1n) is 6.00. The standard InChI is InChI=1S/C14H15ClO4/c1-9(18-7-12-8-19-12)13-4-3-11(15)6-10(13)2-5-14(16)17/h2-6,9,12H,7-8H2,1H3,(H,16,17)/t9-,12+/m1/s1. The minimum atomic E-state index is -0.995. The summed E-state index contributed by atoms with van der Waals surface area (Å²) in [5.41, 5.74) is 1.65. The summed E-state index contributed by atoms with van der Waals surface area (Å²) < 4.78 is 10.8. The normalized spacial score (nSPS) is 19.6. The lowest BCUT2D eigenvalue weighted by atomic mass is 10.0. The summed E-state index contributed by atoms with van der Waals surface area (Å²) in [5, 5.41) is 9.25. The molecule has 0 aromatic heterocycles. The fraction of sp³-hybridized carbons (Fsp3) is 0.357. The van der Waals surface area contributed by atoms with Crippen molar-refractivity contribution in [2.45, 2.75) is 19.1 Å². The van der Waals surface area contributed by atoms with Gasteiger partial charge in [0.25, 0.3) is 0 Å². The molecule has 1 heterocycles. The minimum Gasteiger partial charge on any atom is -0.478 e. The largest absolute Gasteiger partial charge is 0.478 e. The summed E-state index contributed by atoms with van der Waals surface area (Å²) in [4.78, 5) is 10.6. The highest BCUT2D eigenvalue weighted by atomic mass is 35.5. The lowest BCUT2D eigenvalue weighted by molar-refractivity contribution is -0.131. The van der Waals surface area contributed by atoms with Gasteiger partial charge in [0.1, 0.15) is 6.10 Å². The molecule has 1 saturated heterocycles. The van der Waals surface area contributed by atoms with Crippen molar-refractivity contribution >= 4 is 23.6 Å². The van der Waals surface area contributed by atoms with Crippen molar-refractivity contribution in [1.29, 1.82) is 0 Å². The first-order chi connectivity index (χ1) is 9.06. The van der Waals surface area contributed by atoms with Crippen molar-refractivity contribution < 1.29 is 19.4 Å². The first kappa shape index (κ1) is 14.1. The van der Waals surface area contributed by atoms with E-state index in [1.807, 2.05) is 13.0 Å². The third kappa shape index (κ3) is 4.35. The fourth-order valence-corrected chi connectivity index (χ4v) is 1.91. The second-order valence-electron chi connectivity index (χ2n) is 4.38. The minimum absolute atomic E-state index is 0.144. The summed E-state index contributed by atoms with van der Waals surface area (Å²) in [6.45, 7) is 3.22. The Hall–Kier alpha value is -1.36. The molecule has 2 atom stereocenters. The van der Waals surface area contributed by atoms with Crippen LogP contribution in [0.4, 0.5) is 0 Å². The van der Waals surface area contributed by atoms with Crippen LogP contribution in [0.3, 0.4) is 0 Å². The molecule has 19 heavy (non-hydrogen) atoms. The molecule has 0 unspecified atom stereocenters. The zero-order valence-electron chi connectivity index (χ0n) is 10.5. The van der Waals surface area contributed by atoms with E-state index in [1.54, 1.807) is 12.1 Å². The Morgan fingerprint density at radius 3 is 3.05 bits per heavy atom. The van der Waals surface area contributed by atoms with Crippen molar-refractivity contribution in [2.24, 2.45) is 0 Å². The Morgan fingerprint density at radius 2 is 2.42 bits per heavy atom. The van der Waals surface area contributed by atoms with E-state index < -0.39 is 5.97 Å². The van der Waals surface area contributed by atoms with E-state index in [0.29, 0.717) is 11.6 Å². The fourth-order valence-electron chi connectivity index (χ4n) is 1.73. The van der Waals surface area contributed by atoms with Crippen LogP contribution < -0.4 is 0 Å². The van der Waals surface area contributed by atoms with E-state index in [1.165, 1.54) is 6.08 Å². The van der Waals surface area contributed by atoms with Crippen molar-refractivity contribution in [3.05, 3.63) is 40.4 Å². The second kappa shape index (κ2) is 6.19. The molecule has 1 aliphatic rings. The van der Waals surface area contributed by atoms with E-state index >= 15 is 0 Å². The number of aliphatic carboxylic acids is 1. The maximum atomic E-state index is 10.6. The highest BCUT2D eigenvalue weighted by Gasteiger charge is 2.24. The monoisotopic (exact) mass is 282 g/mol. The maximum absolute atomic E-state index is 10.6. The van der Waals surface area contributed by atoms with Crippen LogP contribution in [0.1, 0.15) is 24.2 Å². The summed E-state index contributed by atoms with van der Waals surface area (Å²) in [5.74, 6) is -0.995. The highest BCUT2D eigenvalue weighted by Crippen LogP contribution is 2.26. The summed E-state index contributed by atoms with van der Waals surface area (Å²) in [6.07, 6.45) is 2.67. The topological polar surface area (TPSA) is 59.1 Å². The number of benzene rings is 1. The van der Waals surface area contributed by atoms with Crippen LogP contribution >= 0.6 is 11.6 Å². The smallest absolute Gasteiger partial charge is 0.328 e. The van der Waals surface area contributed by atoms with E-state index in [-0.39, 0.29) is 12.2 Å². The predicted molar refractivity (Wildman–Crippen MR) is 72.2 cm³/mol. The van der Waals surface area contributed by atoms with Gasteiger partial charge in [-0.2, -0.15) is 0 Å². The van der Waals surface area contributed by atoms with Gasteiger partial charge >= 0.3 is 5.97 Å². The van der Waals surface area contributed by atoms with Crippen LogP contribution in [0.15, 0.2) is 24.3 Å². The molecule has 1 aliphatic heterocycles. The van der Waals surface area contributed by atoms with Gasteiger partial charge in [0.15, 0.2) is 0 Å². The predicted octanol–water partition coefficient (Wildman–Crippen LogP) is 2.91. The lowest BCUT2D eigenvalue weighted by Gasteiger charge is -2.15. The molecule has 1 aromatic carbocycles. The third-order valence-electron chi connectivity index (χ3n) is 2.83. The molecule has 0 radical (unpaired) electrons. The van der Waals surface area contributed by atoms with E-state index in [9.17, 15) is 4.79 Å². The van der Waals surface area contributed by atoms with Gasteiger partial charge in [-0.15, -0.1) is 0 Å². The number of carbonyl (C=O) groups is 1. The number of hydrogen-bond donors (Lipinski definition) is 1. The van der Waals surface area contributed by atoms with Crippen LogP contribution in [-0.4, -0.2) is 30.4 Å². The molecular formula is C14H15ClO4. The van der Waals surface area contributed by atoms with Gasteiger partial charge in [0, 0.05) is 11.1 Å². The van der Waals surface area contributed by atoms with Gasteiger partial charge in [-0.1, -0.05) is 17.7 Å². The Morgan fingerprint density at radius 1 is 1.68 bits per heavy atom. The number of halogens is 1. The molecule has 0 aliphatic carbocycles. The average molecular weight is 283 g/mol. The maximum Gasteiger partial charge on any atom is 0.328 e. The molecule has 5 heteroatoms. The highest BCUT2D eigenvalue weighted by molar-refractivity contribution is 6.30. The Bertz CT molecular complexity index is 494. The Balaban J connectivity index is 2.14. The van der Waals surface area contributed by atoms with Gasteiger partial charge in [-0.25, -0.2) is 4.79 Å². The molecule has 1 N–H and O–H groups in total. The molecular weight excluding hydrogens is 268 g/mol. The molecule has 4 nitrogen and oxygen atoms in total. The Labute approximate surface area is 116 Å². The first-order valence-corrected chi connectivity index (χ1v) is 6.37. The van der Waals surface area contributed by atoms with Crippen LogP contribution in [-0.2, 0) is 14.3 Å². The van der Waals surface area contributed by atoms with Crippen molar-refractivity contribution in [1.82, 2.24) is 0 Å². The van der Waals surface area contributed by atoms with Crippen LogP contribution in [0.25, 0.3) is 6.08 Å². The number of carboxylic acids is 1. The average Bonchev–Trinajstić information content (AvgIpc) is 3.17. The van der Waals surface area contributed by atoms with Crippen LogP contribution in [0, 0.1) is 0 Å². The zero-order valence-corrected chi connectivity index (χ0v) is 11.3. The van der Waals surface area contributed by atoms with Crippen molar-refractivity contribution in [3.8, 4) is 0 Å². The van der Waals surface area contributed by atoms with Crippen LogP contribution in [0.2, 0.25) is 5.02 Å². The number of epoxide rings is 1. The molecule has 0 amide bonds. The van der Waals surface area contributed by atoms with E-state index in [4.69, 9.17) is 26.2 Å². The van der Waals surface area contributed by atoms with Gasteiger partial charge in [0.2, 0.25) is 0 Å². The molecule has 0 bridgehead atoms. The molecule has 1 fully saturated rings. The molecule has 1 aromatic rings. The molecule has 0 saturated carbocycles. The van der Waals surface area contributed by atoms with Gasteiger partial charge < -0.3 is 14.6 Å². The summed E-state index contributed by atoms with van der Waals surface area (Å²) in [7, 11) is 0. The molecule has 2 rings (SSSR count). The summed E-state index contributed by atoms with van der Waals surface area (Å²) >= 11 is 5.93. The zero-order chi connectivity index (χ0) is 13.8. The van der Waals surface area contributed by atoms with E-state index in [2.05, 4.69) is 0 Å². The number of hydrogen-bond acceptors (Lipinski definition) is 3. The van der Waals surface area contributed by atoms with Gasteiger partial charge in [-0.3, -0.25) is 0 Å².